The van der Waals surface area contributed by atoms with E-state index in [1.165, 1.54) is 6.33 Å². The van der Waals surface area contributed by atoms with Crippen molar-refractivity contribution < 1.29 is 9.90 Å². The lowest BCUT2D eigenvalue weighted by Gasteiger charge is -2.35. The molecule has 10 heteroatoms. The van der Waals surface area contributed by atoms with Crippen LogP contribution in [-0.4, -0.2) is 60.0 Å². The third kappa shape index (κ3) is 3.12. The van der Waals surface area contributed by atoms with Gasteiger partial charge in [0.2, 0.25) is 0 Å². The number of likely N-dealkylation sites (tertiary alicyclic amines) is 1. The number of fused-ring (bicyclic) bond motifs is 2. The number of carbonyl (C=O) groups is 1. The number of aliphatic hydroxyl groups is 1. The minimum atomic E-state index is -0.492. The first-order valence-corrected chi connectivity index (χ1v) is 9.86. The van der Waals surface area contributed by atoms with Crippen molar-refractivity contribution in [3.05, 3.63) is 53.3 Å². The minimum absolute atomic E-state index is 0.246. The molecule has 3 N–H and O–H groups in total. The van der Waals surface area contributed by atoms with E-state index in [0.29, 0.717) is 46.2 Å². The zero-order valence-electron chi connectivity index (χ0n) is 16.0. The predicted molar refractivity (Wildman–Crippen MR) is 112 cm³/mol. The van der Waals surface area contributed by atoms with Crippen molar-refractivity contribution in [3.63, 3.8) is 0 Å². The SMILES string of the molecule is C[C@H](Nc1ncnc2[nH]cnc12)c1cc2cccc(Cl)c2c(C(=O)N2CC(O)C2)n1. The molecular formula is C20H18ClN7O2. The van der Waals surface area contributed by atoms with Gasteiger partial charge in [0.15, 0.2) is 11.5 Å². The molecule has 1 fully saturated rings. The van der Waals surface area contributed by atoms with Gasteiger partial charge in [-0.1, -0.05) is 23.7 Å². The fraction of sp³-hybridized carbons (Fsp3) is 0.250. The number of β-amino-alcohol motifs (C(OH)–C–C–N with tert-alkyl or cyclic N) is 1. The lowest BCUT2D eigenvalue weighted by Crippen LogP contribution is -2.53. The van der Waals surface area contributed by atoms with Crippen LogP contribution in [0.25, 0.3) is 21.9 Å². The molecule has 0 saturated carbocycles. The van der Waals surface area contributed by atoms with Crippen molar-refractivity contribution in [2.45, 2.75) is 19.1 Å². The molecular weight excluding hydrogens is 406 g/mol. The van der Waals surface area contributed by atoms with Crippen LogP contribution in [0, 0.1) is 0 Å². The van der Waals surface area contributed by atoms with E-state index < -0.39 is 6.10 Å². The Kier molecular flexibility index (Phi) is 4.48. The van der Waals surface area contributed by atoms with E-state index in [1.54, 1.807) is 17.3 Å². The summed E-state index contributed by atoms with van der Waals surface area (Å²) >= 11 is 6.41. The Labute approximate surface area is 176 Å². The van der Waals surface area contributed by atoms with Crippen LogP contribution in [0.1, 0.15) is 29.1 Å². The van der Waals surface area contributed by atoms with Crippen LogP contribution in [-0.2, 0) is 0 Å². The summed E-state index contributed by atoms with van der Waals surface area (Å²) in [6.07, 6.45) is 2.52. The molecule has 0 unspecified atom stereocenters. The molecule has 5 rings (SSSR count). The molecule has 152 valence electrons. The van der Waals surface area contributed by atoms with Crippen molar-refractivity contribution in [1.29, 1.82) is 0 Å². The van der Waals surface area contributed by atoms with Crippen LogP contribution >= 0.6 is 11.6 Å². The molecule has 1 amide bonds. The van der Waals surface area contributed by atoms with Gasteiger partial charge in [0.05, 0.1) is 29.2 Å². The molecule has 1 saturated heterocycles. The summed E-state index contributed by atoms with van der Waals surface area (Å²) in [6.45, 7) is 2.52. The van der Waals surface area contributed by atoms with Gasteiger partial charge in [0.1, 0.15) is 17.5 Å². The standard InChI is InChI=1S/C20H18ClN7O2/c1-10(26-19-17-18(23-8-22-17)24-9-25-19)14-5-11-3-2-4-13(21)15(11)16(27-14)20(30)28-6-12(29)7-28/h2-5,8-10,12,29H,6-7H2,1H3,(H2,22,23,24,25,26)/t10-/m0/s1. The number of rotatable bonds is 4. The maximum Gasteiger partial charge on any atom is 0.273 e. The van der Waals surface area contributed by atoms with Crippen LogP contribution in [0.4, 0.5) is 5.82 Å². The Hall–Kier alpha value is -3.30. The summed E-state index contributed by atoms with van der Waals surface area (Å²) in [5.41, 5.74) is 2.20. The molecule has 1 atom stereocenters. The van der Waals surface area contributed by atoms with E-state index in [-0.39, 0.29) is 17.6 Å². The van der Waals surface area contributed by atoms with Gasteiger partial charge in [-0.3, -0.25) is 4.79 Å². The quantitative estimate of drug-likeness (QED) is 0.461. The second kappa shape index (κ2) is 7.19. The van der Waals surface area contributed by atoms with E-state index in [4.69, 9.17) is 11.6 Å². The Balaban J connectivity index is 1.55. The third-order valence-electron chi connectivity index (χ3n) is 5.19. The summed E-state index contributed by atoms with van der Waals surface area (Å²) < 4.78 is 0. The number of H-pyrrole nitrogens is 1. The normalized spacial score (nSPS) is 15.4. The first-order valence-electron chi connectivity index (χ1n) is 9.48. The van der Waals surface area contributed by atoms with Crippen LogP contribution in [0.3, 0.4) is 0 Å². The molecule has 9 nitrogen and oxygen atoms in total. The maximum atomic E-state index is 13.1. The van der Waals surface area contributed by atoms with Crippen LogP contribution in [0.15, 0.2) is 36.9 Å². The van der Waals surface area contributed by atoms with Crippen molar-refractivity contribution in [1.82, 2.24) is 29.8 Å². The number of aromatic amines is 1. The minimum Gasteiger partial charge on any atom is -0.389 e. The van der Waals surface area contributed by atoms with Crippen molar-refractivity contribution in [2.75, 3.05) is 18.4 Å². The van der Waals surface area contributed by atoms with Gasteiger partial charge >= 0.3 is 0 Å². The Morgan fingerprint density at radius 2 is 2.17 bits per heavy atom. The number of pyridine rings is 1. The monoisotopic (exact) mass is 423 g/mol. The highest BCUT2D eigenvalue weighted by molar-refractivity contribution is 6.36. The average Bonchev–Trinajstić information content (AvgIpc) is 3.20. The second-order valence-electron chi connectivity index (χ2n) is 7.29. The summed E-state index contributed by atoms with van der Waals surface area (Å²) in [4.78, 5) is 34.9. The zero-order chi connectivity index (χ0) is 20.8. The number of imidazole rings is 1. The number of carbonyl (C=O) groups excluding carboxylic acids is 1. The highest BCUT2D eigenvalue weighted by atomic mass is 35.5. The third-order valence-corrected chi connectivity index (χ3v) is 5.51. The molecule has 1 aliphatic rings. The number of halogens is 1. The molecule has 4 aromatic rings. The average molecular weight is 424 g/mol. The maximum absolute atomic E-state index is 13.1. The molecule has 1 aromatic carbocycles. The van der Waals surface area contributed by atoms with Gasteiger partial charge in [0.25, 0.3) is 5.91 Å². The van der Waals surface area contributed by atoms with Gasteiger partial charge in [-0.25, -0.2) is 19.9 Å². The highest BCUT2D eigenvalue weighted by Crippen LogP contribution is 2.31. The first kappa shape index (κ1) is 18.7. The van der Waals surface area contributed by atoms with E-state index >= 15 is 0 Å². The molecule has 1 aliphatic heterocycles. The largest absolute Gasteiger partial charge is 0.389 e. The van der Waals surface area contributed by atoms with Gasteiger partial charge in [0, 0.05) is 18.5 Å². The summed E-state index contributed by atoms with van der Waals surface area (Å²) in [5, 5.41) is 14.8. The van der Waals surface area contributed by atoms with Crippen molar-refractivity contribution in [2.24, 2.45) is 0 Å². The van der Waals surface area contributed by atoms with Crippen LogP contribution in [0.5, 0.6) is 0 Å². The fourth-order valence-electron chi connectivity index (χ4n) is 3.58. The smallest absolute Gasteiger partial charge is 0.273 e. The molecule has 4 heterocycles. The number of hydrogen-bond acceptors (Lipinski definition) is 7. The molecule has 0 aliphatic carbocycles. The molecule has 0 spiro atoms. The predicted octanol–water partition coefficient (Wildman–Crippen LogP) is 2.54. The number of nitrogens with zero attached hydrogens (tertiary/aromatic N) is 5. The summed E-state index contributed by atoms with van der Waals surface area (Å²) in [7, 11) is 0. The second-order valence-corrected chi connectivity index (χ2v) is 7.69. The van der Waals surface area contributed by atoms with E-state index in [0.717, 1.165) is 5.39 Å². The number of hydrogen-bond donors (Lipinski definition) is 3. The Morgan fingerprint density at radius 3 is 2.97 bits per heavy atom. The molecule has 30 heavy (non-hydrogen) atoms. The number of nitrogens with one attached hydrogen (secondary N) is 2. The summed E-state index contributed by atoms with van der Waals surface area (Å²) in [6, 6.07) is 7.12. The number of aromatic nitrogens is 5. The highest BCUT2D eigenvalue weighted by Gasteiger charge is 2.32. The van der Waals surface area contributed by atoms with Gasteiger partial charge in [-0.05, 0) is 24.4 Å². The number of anilines is 1. The van der Waals surface area contributed by atoms with Gasteiger partial charge in [-0.15, -0.1) is 0 Å². The van der Waals surface area contributed by atoms with Crippen molar-refractivity contribution in [3.8, 4) is 0 Å². The summed E-state index contributed by atoms with van der Waals surface area (Å²) in [5.74, 6) is 0.324. The van der Waals surface area contributed by atoms with E-state index in [1.807, 2.05) is 25.1 Å². The Morgan fingerprint density at radius 1 is 1.33 bits per heavy atom. The number of benzene rings is 1. The van der Waals surface area contributed by atoms with Gasteiger partial charge in [-0.2, -0.15) is 0 Å². The lowest BCUT2D eigenvalue weighted by atomic mass is 10.0. The van der Waals surface area contributed by atoms with Gasteiger partial charge < -0.3 is 20.3 Å². The van der Waals surface area contributed by atoms with E-state index in [9.17, 15) is 9.90 Å². The van der Waals surface area contributed by atoms with Crippen LogP contribution < -0.4 is 5.32 Å². The topological polar surface area (TPSA) is 120 Å². The molecule has 0 bridgehead atoms. The zero-order valence-corrected chi connectivity index (χ0v) is 16.8. The molecule has 3 aromatic heterocycles. The van der Waals surface area contributed by atoms with Crippen molar-refractivity contribution >= 4 is 45.3 Å². The number of amides is 1. The van der Waals surface area contributed by atoms with Crippen LogP contribution in [0.2, 0.25) is 5.02 Å². The Bertz CT molecular complexity index is 1270. The molecule has 0 radical (unpaired) electrons. The fourth-order valence-corrected chi connectivity index (χ4v) is 3.86. The van der Waals surface area contributed by atoms with E-state index in [2.05, 4.69) is 30.2 Å². The lowest BCUT2D eigenvalue weighted by molar-refractivity contribution is 0.00563. The number of aliphatic hydroxyl groups excluding tert-OH is 1. The first-order chi connectivity index (χ1) is 14.5.